The minimum atomic E-state index is 0.604. The summed E-state index contributed by atoms with van der Waals surface area (Å²) in [7, 11) is 0. The number of hydrogen-bond acceptors (Lipinski definition) is 2. The molecule has 0 radical (unpaired) electrons. The molecular weight excluding hydrogens is 276 g/mol. The van der Waals surface area contributed by atoms with Crippen LogP contribution in [0.4, 0.5) is 0 Å². The molecule has 0 aliphatic carbocycles. The number of fused-ring (bicyclic) bond motifs is 1. The van der Waals surface area contributed by atoms with E-state index in [1.54, 1.807) is 11.3 Å². The molecule has 0 unspecified atom stereocenters. The summed E-state index contributed by atoms with van der Waals surface area (Å²) in [6.07, 6.45) is 0.807. The maximum absolute atomic E-state index is 5.91. The number of imidazole rings is 1. The average molecular weight is 291 g/mol. The second kappa shape index (κ2) is 5.35. The van der Waals surface area contributed by atoms with E-state index in [0.717, 1.165) is 24.3 Å². The van der Waals surface area contributed by atoms with E-state index >= 15 is 0 Å². The number of aromatic nitrogens is 2. The summed E-state index contributed by atoms with van der Waals surface area (Å²) in [4.78, 5) is 6.11. The first-order valence-corrected chi connectivity index (χ1v) is 7.74. The van der Waals surface area contributed by atoms with Crippen LogP contribution in [-0.2, 0) is 13.0 Å². The number of hydrogen-bond donors (Lipinski definition) is 0. The Morgan fingerprint density at radius 2 is 2.16 bits per heavy atom. The minimum Gasteiger partial charge on any atom is -0.323 e. The summed E-state index contributed by atoms with van der Waals surface area (Å²) in [5.74, 6) is 1.68. The van der Waals surface area contributed by atoms with Gasteiger partial charge < -0.3 is 4.57 Å². The summed E-state index contributed by atoms with van der Waals surface area (Å²) in [6.45, 7) is 2.99. The van der Waals surface area contributed by atoms with E-state index in [4.69, 9.17) is 16.6 Å². The molecule has 0 atom stereocenters. The zero-order valence-electron chi connectivity index (χ0n) is 10.8. The van der Waals surface area contributed by atoms with Gasteiger partial charge in [-0.3, -0.25) is 0 Å². The van der Waals surface area contributed by atoms with Crippen LogP contribution in [0.25, 0.3) is 11.0 Å². The van der Waals surface area contributed by atoms with Gasteiger partial charge in [0.2, 0.25) is 0 Å². The van der Waals surface area contributed by atoms with E-state index < -0.39 is 0 Å². The highest BCUT2D eigenvalue weighted by molar-refractivity contribution is 7.09. The van der Waals surface area contributed by atoms with Gasteiger partial charge in [0.15, 0.2) is 0 Å². The first-order chi connectivity index (χ1) is 9.29. The number of benzene rings is 1. The van der Waals surface area contributed by atoms with Crippen LogP contribution in [0.15, 0.2) is 35.7 Å². The van der Waals surface area contributed by atoms with Crippen molar-refractivity contribution in [3.63, 3.8) is 0 Å². The largest absolute Gasteiger partial charge is 0.323 e. The van der Waals surface area contributed by atoms with Crippen LogP contribution in [-0.4, -0.2) is 15.4 Å². The lowest BCUT2D eigenvalue weighted by molar-refractivity contribution is 0.763. The number of nitrogens with zero attached hydrogens (tertiary/aromatic N) is 2. The van der Waals surface area contributed by atoms with E-state index in [0.29, 0.717) is 5.88 Å². The lowest BCUT2D eigenvalue weighted by atomic mass is 10.2. The SMILES string of the molecule is Cc1cccc2c1nc(CCCl)n2Cc1cccs1. The monoisotopic (exact) mass is 290 g/mol. The highest BCUT2D eigenvalue weighted by Gasteiger charge is 2.12. The average Bonchev–Trinajstić information content (AvgIpc) is 3.01. The molecule has 1 aromatic carbocycles. The third-order valence-electron chi connectivity index (χ3n) is 3.27. The molecule has 19 heavy (non-hydrogen) atoms. The van der Waals surface area contributed by atoms with Gasteiger partial charge in [-0.05, 0) is 30.0 Å². The van der Waals surface area contributed by atoms with Gasteiger partial charge in [0.05, 0.1) is 17.6 Å². The van der Waals surface area contributed by atoms with Gasteiger partial charge in [-0.25, -0.2) is 4.98 Å². The number of halogens is 1. The predicted molar refractivity (Wildman–Crippen MR) is 82.3 cm³/mol. The second-order valence-corrected chi connectivity index (χ2v) is 5.99. The summed E-state index contributed by atoms with van der Waals surface area (Å²) in [5.41, 5.74) is 3.52. The molecule has 0 spiro atoms. The van der Waals surface area contributed by atoms with Crippen molar-refractivity contribution in [3.8, 4) is 0 Å². The summed E-state index contributed by atoms with van der Waals surface area (Å²) < 4.78 is 2.29. The summed E-state index contributed by atoms with van der Waals surface area (Å²) in [6, 6.07) is 10.6. The van der Waals surface area contributed by atoms with Gasteiger partial charge in [-0.2, -0.15) is 0 Å². The van der Waals surface area contributed by atoms with Gasteiger partial charge >= 0.3 is 0 Å². The van der Waals surface area contributed by atoms with Crippen molar-refractivity contribution >= 4 is 34.0 Å². The molecule has 0 saturated carbocycles. The standard InChI is InChI=1S/C15H15ClN2S/c1-11-4-2-6-13-15(11)17-14(7-8-16)18(13)10-12-5-3-9-19-12/h2-6,9H,7-8,10H2,1H3. The number of alkyl halides is 1. The molecular formula is C15H15ClN2S. The number of aryl methyl sites for hydroxylation is 2. The second-order valence-electron chi connectivity index (χ2n) is 4.58. The molecule has 3 rings (SSSR count). The Balaban J connectivity index is 2.13. The zero-order valence-corrected chi connectivity index (χ0v) is 12.3. The van der Waals surface area contributed by atoms with Gasteiger partial charge in [-0.1, -0.05) is 18.2 Å². The van der Waals surface area contributed by atoms with Crippen LogP contribution >= 0.6 is 22.9 Å². The first-order valence-electron chi connectivity index (χ1n) is 6.32. The topological polar surface area (TPSA) is 17.8 Å². The quantitative estimate of drug-likeness (QED) is 0.657. The number of thiophene rings is 1. The predicted octanol–water partition coefficient (Wildman–Crippen LogP) is 4.24. The molecule has 0 aliphatic rings. The third-order valence-corrected chi connectivity index (χ3v) is 4.32. The van der Waals surface area contributed by atoms with E-state index in [9.17, 15) is 0 Å². The van der Waals surface area contributed by atoms with E-state index in [1.807, 2.05) is 0 Å². The molecule has 0 amide bonds. The Morgan fingerprint density at radius 1 is 1.26 bits per heavy atom. The number of para-hydroxylation sites is 1. The van der Waals surface area contributed by atoms with Crippen molar-refractivity contribution in [3.05, 3.63) is 52.0 Å². The Bertz CT molecular complexity index is 686. The third kappa shape index (κ3) is 2.40. The lowest BCUT2D eigenvalue weighted by Crippen LogP contribution is -2.04. The Morgan fingerprint density at radius 3 is 2.89 bits per heavy atom. The van der Waals surface area contributed by atoms with Crippen molar-refractivity contribution in [2.75, 3.05) is 5.88 Å². The molecule has 0 N–H and O–H groups in total. The first kappa shape index (κ1) is 12.7. The van der Waals surface area contributed by atoms with Crippen molar-refractivity contribution < 1.29 is 0 Å². The molecule has 0 fully saturated rings. The smallest absolute Gasteiger partial charge is 0.111 e. The van der Waals surface area contributed by atoms with E-state index in [1.165, 1.54) is 16.0 Å². The maximum atomic E-state index is 5.91. The highest BCUT2D eigenvalue weighted by Crippen LogP contribution is 2.22. The summed E-state index contributed by atoms with van der Waals surface area (Å²) in [5, 5.41) is 2.11. The Kier molecular flexibility index (Phi) is 3.58. The van der Waals surface area contributed by atoms with Crippen molar-refractivity contribution in [2.45, 2.75) is 19.9 Å². The van der Waals surface area contributed by atoms with Crippen LogP contribution < -0.4 is 0 Å². The van der Waals surface area contributed by atoms with Crippen molar-refractivity contribution in [2.24, 2.45) is 0 Å². The van der Waals surface area contributed by atoms with Gasteiger partial charge in [0.1, 0.15) is 5.82 Å². The zero-order chi connectivity index (χ0) is 13.2. The fraction of sp³-hybridized carbons (Fsp3) is 0.267. The molecule has 98 valence electrons. The molecule has 2 nitrogen and oxygen atoms in total. The van der Waals surface area contributed by atoms with Crippen LogP contribution in [0, 0.1) is 6.92 Å². The summed E-state index contributed by atoms with van der Waals surface area (Å²) >= 11 is 7.69. The van der Waals surface area contributed by atoms with Gasteiger partial charge in [0.25, 0.3) is 0 Å². The molecule has 2 aromatic heterocycles. The molecule has 0 aliphatic heterocycles. The van der Waals surface area contributed by atoms with Gasteiger partial charge in [0, 0.05) is 17.2 Å². The lowest BCUT2D eigenvalue weighted by Gasteiger charge is -2.07. The normalized spacial score (nSPS) is 11.3. The fourth-order valence-electron chi connectivity index (χ4n) is 2.35. The van der Waals surface area contributed by atoms with Crippen molar-refractivity contribution in [1.29, 1.82) is 0 Å². The maximum Gasteiger partial charge on any atom is 0.111 e. The van der Waals surface area contributed by atoms with E-state index in [-0.39, 0.29) is 0 Å². The molecule has 0 bridgehead atoms. The van der Waals surface area contributed by atoms with Crippen LogP contribution in [0.1, 0.15) is 16.3 Å². The molecule has 3 aromatic rings. The Labute approximate surface area is 121 Å². The molecule has 4 heteroatoms. The molecule has 0 saturated heterocycles. The van der Waals surface area contributed by atoms with Crippen LogP contribution in [0.3, 0.4) is 0 Å². The van der Waals surface area contributed by atoms with Crippen LogP contribution in [0.2, 0.25) is 0 Å². The Hall–Kier alpha value is -1.32. The molecule has 2 heterocycles. The van der Waals surface area contributed by atoms with E-state index in [2.05, 4.69) is 47.2 Å². The minimum absolute atomic E-state index is 0.604. The highest BCUT2D eigenvalue weighted by atomic mass is 35.5. The van der Waals surface area contributed by atoms with Gasteiger partial charge in [-0.15, -0.1) is 22.9 Å². The fourth-order valence-corrected chi connectivity index (χ4v) is 3.21. The van der Waals surface area contributed by atoms with Crippen molar-refractivity contribution in [1.82, 2.24) is 9.55 Å². The number of rotatable bonds is 4. The van der Waals surface area contributed by atoms with Crippen LogP contribution in [0.5, 0.6) is 0 Å².